The SMILES string of the molecule is COc1cc2ncn(CC(=O)Nc3ccc(OCc4ccccc4)cc3)c(=O)c2cc1OC. The van der Waals surface area contributed by atoms with E-state index in [0.717, 1.165) is 5.56 Å². The molecule has 1 aromatic heterocycles. The van der Waals surface area contributed by atoms with Gasteiger partial charge in [-0.15, -0.1) is 0 Å². The van der Waals surface area contributed by atoms with Gasteiger partial charge >= 0.3 is 0 Å². The number of anilines is 1. The van der Waals surface area contributed by atoms with Crippen molar-refractivity contribution in [3.05, 3.63) is 89.0 Å². The third kappa shape index (κ3) is 5.12. The van der Waals surface area contributed by atoms with Crippen LogP contribution in [0.1, 0.15) is 5.56 Å². The number of amides is 1. The quantitative estimate of drug-likeness (QED) is 0.445. The van der Waals surface area contributed by atoms with Crippen LogP contribution < -0.4 is 25.1 Å². The summed E-state index contributed by atoms with van der Waals surface area (Å²) in [7, 11) is 3.00. The van der Waals surface area contributed by atoms with Crippen molar-refractivity contribution in [2.45, 2.75) is 13.2 Å². The number of hydrogen-bond donors (Lipinski definition) is 1. The molecular formula is C25H23N3O5. The average molecular weight is 445 g/mol. The van der Waals surface area contributed by atoms with Crippen LogP contribution >= 0.6 is 0 Å². The molecule has 8 heteroatoms. The van der Waals surface area contributed by atoms with E-state index in [-0.39, 0.29) is 18.0 Å². The van der Waals surface area contributed by atoms with Gasteiger partial charge in [0.05, 0.1) is 31.4 Å². The molecule has 0 atom stereocenters. The zero-order chi connectivity index (χ0) is 23.2. The number of rotatable bonds is 8. The molecule has 0 aliphatic carbocycles. The first-order chi connectivity index (χ1) is 16.1. The number of hydrogen-bond acceptors (Lipinski definition) is 6. The van der Waals surface area contributed by atoms with Crippen molar-refractivity contribution in [1.82, 2.24) is 9.55 Å². The molecule has 8 nitrogen and oxygen atoms in total. The van der Waals surface area contributed by atoms with E-state index in [9.17, 15) is 9.59 Å². The van der Waals surface area contributed by atoms with Crippen molar-refractivity contribution in [2.75, 3.05) is 19.5 Å². The van der Waals surface area contributed by atoms with E-state index in [4.69, 9.17) is 14.2 Å². The van der Waals surface area contributed by atoms with E-state index in [0.29, 0.717) is 40.4 Å². The summed E-state index contributed by atoms with van der Waals surface area (Å²) in [5, 5.41) is 3.12. The summed E-state index contributed by atoms with van der Waals surface area (Å²) in [6.45, 7) is 0.281. The molecule has 0 fully saturated rings. The summed E-state index contributed by atoms with van der Waals surface area (Å²) in [5.74, 6) is 1.23. The fourth-order valence-corrected chi connectivity index (χ4v) is 3.33. The summed E-state index contributed by atoms with van der Waals surface area (Å²) >= 11 is 0. The summed E-state index contributed by atoms with van der Waals surface area (Å²) in [6.07, 6.45) is 1.34. The highest BCUT2D eigenvalue weighted by molar-refractivity contribution is 5.91. The number of nitrogens with one attached hydrogen (secondary N) is 1. The second kappa shape index (κ2) is 9.86. The van der Waals surface area contributed by atoms with Gasteiger partial charge in [-0.3, -0.25) is 14.2 Å². The highest BCUT2D eigenvalue weighted by atomic mass is 16.5. The van der Waals surface area contributed by atoms with Crippen molar-refractivity contribution in [3.63, 3.8) is 0 Å². The Bertz CT molecular complexity index is 1320. The first-order valence-electron chi connectivity index (χ1n) is 10.2. The lowest BCUT2D eigenvalue weighted by Gasteiger charge is -2.11. The Kier molecular flexibility index (Phi) is 6.54. The second-order valence-electron chi connectivity index (χ2n) is 7.25. The number of fused-ring (bicyclic) bond motifs is 1. The van der Waals surface area contributed by atoms with E-state index in [2.05, 4.69) is 10.3 Å². The molecule has 0 aliphatic heterocycles. The van der Waals surface area contributed by atoms with Crippen LogP contribution in [0.25, 0.3) is 10.9 Å². The van der Waals surface area contributed by atoms with Gasteiger partial charge in [-0.2, -0.15) is 0 Å². The number of carbonyl (C=O) groups is 1. The number of methoxy groups -OCH3 is 2. The predicted octanol–water partition coefficient (Wildman–Crippen LogP) is 3.63. The van der Waals surface area contributed by atoms with Gasteiger partial charge in [0.2, 0.25) is 5.91 Å². The lowest BCUT2D eigenvalue weighted by atomic mass is 10.2. The van der Waals surface area contributed by atoms with Crippen LogP contribution in [0.4, 0.5) is 5.69 Å². The van der Waals surface area contributed by atoms with Gasteiger partial charge in [0, 0.05) is 11.8 Å². The molecule has 1 amide bonds. The zero-order valence-electron chi connectivity index (χ0n) is 18.3. The topological polar surface area (TPSA) is 91.7 Å². The number of benzene rings is 3. The van der Waals surface area contributed by atoms with E-state index in [1.165, 1.54) is 25.1 Å². The molecule has 4 rings (SSSR count). The van der Waals surface area contributed by atoms with Crippen molar-refractivity contribution >= 4 is 22.5 Å². The number of nitrogens with zero attached hydrogens (tertiary/aromatic N) is 2. The third-order valence-electron chi connectivity index (χ3n) is 5.03. The minimum Gasteiger partial charge on any atom is -0.493 e. The van der Waals surface area contributed by atoms with E-state index in [1.807, 2.05) is 30.3 Å². The van der Waals surface area contributed by atoms with E-state index in [1.54, 1.807) is 36.4 Å². The standard InChI is InChI=1S/C25H23N3O5/c1-31-22-12-20-21(13-23(22)32-2)26-16-28(25(20)30)14-24(29)27-18-8-10-19(11-9-18)33-15-17-6-4-3-5-7-17/h3-13,16H,14-15H2,1-2H3,(H,27,29). The second-order valence-corrected chi connectivity index (χ2v) is 7.25. The fraction of sp³-hybridized carbons (Fsp3) is 0.160. The van der Waals surface area contributed by atoms with Crippen LogP contribution in [-0.4, -0.2) is 29.7 Å². The van der Waals surface area contributed by atoms with Gasteiger partial charge in [-0.25, -0.2) is 4.98 Å². The van der Waals surface area contributed by atoms with Crippen LogP contribution in [-0.2, 0) is 17.9 Å². The average Bonchev–Trinajstić information content (AvgIpc) is 2.85. The maximum absolute atomic E-state index is 12.8. The van der Waals surface area contributed by atoms with Crippen LogP contribution in [0.5, 0.6) is 17.2 Å². The monoisotopic (exact) mass is 445 g/mol. The van der Waals surface area contributed by atoms with Crippen LogP contribution in [0, 0.1) is 0 Å². The maximum atomic E-state index is 12.8. The first kappa shape index (κ1) is 21.9. The van der Waals surface area contributed by atoms with Gasteiger partial charge in [-0.05, 0) is 35.9 Å². The molecule has 3 aromatic carbocycles. The Labute approximate surface area is 190 Å². The molecule has 0 unspecified atom stereocenters. The summed E-state index contributed by atoms with van der Waals surface area (Å²) in [4.78, 5) is 29.6. The summed E-state index contributed by atoms with van der Waals surface area (Å²) in [6, 6.07) is 20.1. The normalized spacial score (nSPS) is 10.6. The smallest absolute Gasteiger partial charge is 0.261 e. The minimum atomic E-state index is -0.350. The van der Waals surface area contributed by atoms with E-state index < -0.39 is 0 Å². The Morgan fingerprint density at radius 1 is 0.970 bits per heavy atom. The van der Waals surface area contributed by atoms with Gasteiger partial charge < -0.3 is 19.5 Å². The Morgan fingerprint density at radius 2 is 1.67 bits per heavy atom. The molecule has 0 bridgehead atoms. The Balaban J connectivity index is 1.42. The molecule has 0 spiro atoms. The van der Waals surface area contributed by atoms with Crippen LogP contribution in [0.3, 0.4) is 0 Å². The minimum absolute atomic E-state index is 0.178. The molecule has 168 valence electrons. The lowest BCUT2D eigenvalue weighted by Crippen LogP contribution is -2.28. The van der Waals surface area contributed by atoms with Gasteiger partial charge in [0.25, 0.3) is 5.56 Å². The van der Waals surface area contributed by atoms with Gasteiger partial charge in [-0.1, -0.05) is 30.3 Å². The molecule has 0 saturated carbocycles. The Morgan fingerprint density at radius 3 is 2.36 bits per heavy atom. The molecule has 1 heterocycles. The largest absolute Gasteiger partial charge is 0.493 e. The summed E-state index contributed by atoms with van der Waals surface area (Å²) in [5.41, 5.74) is 1.78. The van der Waals surface area contributed by atoms with Crippen LogP contribution in [0.15, 0.2) is 77.9 Å². The van der Waals surface area contributed by atoms with Crippen molar-refractivity contribution in [3.8, 4) is 17.2 Å². The van der Waals surface area contributed by atoms with Gasteiger partial charge in [0.15, 0.2) is 11.5 Å². The highest BCUT2D eigenvalue weighted by Gasteiger charge is 2.13. The Hall–Kier alpha value is -4.33. The molecule has 1 N–H and O–H groups in total. The van der Waals surface area contributed by atoms with Crippen molar-refractivity contribution < 1.29 is 19.0 Å². The fourth-order valence-electron chi connectivity index (χ4n) is 3.33. The van der Waals surface area contributed by atoms with Crippen LogP contribution in [0.2, 0.25) is 0 Å². The summed E-state index contributed by atoms with van der Waals surface area (Å²) < 4.78 is 17.5. The molecular weight excluding hydrogens is 422 g/mol. The molecule has 4 aromatic rings. The number of ether oxygens (including phenoxy) is 3. The highest BCUT2D eigenvalue weighted by Crippen LogP contribution is 2.29. The predicted molar refractivity (Wildman–Crippen MR) is 125 cm³/mol. The van der Waals surface area contributed by atoms with E-state index >= 15 is 0 Å². The number of aromatic nitrogens is 2. The van der Waals surface area contributed by atoms with Crippen molar-refractivity contribution in [2.24, 2.45) is 0 Å². The molecule has 0 saturated heterocycles. The maximum Gasteiger partial charge on any atom is 0.261 e. The molecule has 0 radical (unpaired) electrons. The van der Waals surface area contributed by atoms with Crippen molar-refractivity contribution in [1.29, 1.82) is 0 Å². The zero-order valence-corrected chi connectivity index (χ0v) is 18.3. The third-order valence-corrected chi connectivity index (χ3v) is 5.03. The lowest BCUT2D eigenvalue weighted by molar-refractivity contribution is -0.116. The molecule has 33 heavy (non-hydrogen) atoms. The van der Waals surface area contributed by atoms with Gasteiger partial charge in [0.1, 0.15) is 18.9 Å². The first-order valence-corrected chi connectivity index (χ1v) is 10.2. The molecule has 0 aliphatic rings. The number of carbonyl (C=O) groups excluding carboxylic acids is 1.